The van der Waals surface area contributed by atoms with Gasteiger partial charge in [0, 0.05) is 38.9 Å². The van der Waals surface area contributed by atoms with Crippen molar-refractivity contribution in [2.75, 3.05) is 39.3 Å². The van der Waals surface area contributed by atoms with Crippen molar-refractivity contribution in [1.29, 1.82) is 0 Å². The third-order valence-corrected chi connectivity index (χ3v) is 3.66. The lowest BCUT2D eigenvalue weighted by Crippen LogP contribution is -2.51. The zero-order chi connectivity index (χ0) is 15.1. The zero-order valence-corrected chi connectivity index (χ0v) is 12.4. The number of rotatable bonds is 6. The van der Waals surface area contributed by atoms with Crippen LogP contribution in [0, 0.1) is 0 Å². The topological polar surface area (TPSA) is 65.9 Å². The van der Waals surface area contributed by atoms with Crippen LogP contribution in [0.5, 0.6) is 5.75 Å². The van der Waals surface area contributed by atoms with Crippen LogP contribution in [-0.4, -0.2) is 71.2 Å². The van der Waals surface area contributed by atoms with Gasteiger partial charge in [-0.15, -0.1) is 0 Å². The molecule has 6 nitrogen and oxygen atoms in total. The molecule has 0 saturated carbocycles. The molecule has 2 rings (SSSR count). The first-order valence-electron chi connectivity index (χ1n) is 7.40. The summed E-state index contributed by atoms with van der Waals surface area (Å²) in [5.41, 5.74) is 0. The Morgan fingerprint density at radius 3 is 2.81 bits per heavy atom. The van der Waals surface area contributed by atoms with E-state index < -0.39 is 0 Å². The second-order valence-corrected chi connectivity index (χ2v) is 5.22. The van der Waals surface area contributed by atoms with Crippen molar-refractivity contribution in [1.82, 2.24) is 14.8 Å². The van der Waals surface area contributed by atoms with Gasteiger partial charge in [-0.1, -0.05) is 6.92 Å². The maximum atomic E-state index is 12.1. The lowest BCUT2D eigenvalue weighted by atomic mass is 10.2. The molecule has 0 aromatic carbocycles. The summed E-state index contributed by atoms with van der Waals surface area (Å²) >= 11 is 0. The average Bonchev–Trinajstić information content (AvgIpc) is 2.54. The molecule has 0 aliphatic carbocycles. The van der Waals surface area contributed by atoms with Crippen LogP contribution in [0.3, 0.4) is 0 Å². The maximum Gasteiger partial charge on any atom is 0.260 e. The molecule has 0 radical (unpaired) electrons. The van der Waals surface area contributed by atoms with E-state index in [4.69, 9.17) is 4.74 Å². The molecule has 1 fully saturated rings. The molecule has 6 heteroatoms. The van der Waals surface area contributed by atoms with Crippen LogP contribution in [0.2, 0.25) is 0 Å². The number of piperazine rings is 1. The van der Waals surface area contributed by atoms with Gasteiger partial charge in [0.15, 0.2) is 6.61 Å². The minimum Gasteiger partial charge on any atom is -0.482 e. The maximum absolute atomic E-state index is 12.1. The molecule has 0 bridgehead atoms. The summed E-state index contributed by atoms with van der Waals surface area (Å²) in [5, 5.41) is 9.65. The number of hydrogen-bond acceptors (Lipinski definition) is 5. The summed E-state index contributed by atoms with van der Waals surface area (Å²) in [6.45, 7) is 5.68. The first-order chi connectivity index (χ1) is 10.2. The van der Waals surface area contributed by atoms with E-state index in [-0.39, 0.29) is 18.6 Å². The number of aliphatic hydroxyl groups excluding tert-OH is 1. The number of pyridine rings is 1. The normalized spacial score (nSPS) is 17.5. The monoisotopic (exact) mass is 293 g/mol. The Labute approximate surface area is 125 Å². The fourth-order valence-corrected chi connectivity index (χ4v) is 2.28. The number of aliphatic hydroxyl groups is 1. The van der Waals surface area contributed by atoms with E-state index >= 15 is 0 Å². The van der Waals surface area contributed by atoms with Crippen molar-refractivity contribution in [2.24, 2.45) is 0 Å². The summed E-state index contributed by atoms with van der Waals surface area (Å²) in [6.07, 6.45) is 3.75. The highest BCUT2D eigenvalue weighted by Crippen LogP contribution is 2.08. The molecule has 0 spiro atoms. The molecule has 2 heterocycles. The molecule has 116 valence electrons. The number of amides is 1. The number of hydrogen-bond donors (Lipinski definition) is 1. The summed E-state index contributed by atoms with van der Waals surface area (Å²) in [6, 6.07) is 3.56. The van der Waals surface area contributed by atoms with Crippen molar-refractivity contribution < 1.29 is 14.6 Å². The van der Waals surface area contributed by atoms with E-state index in [9.17, 15) is 9.90 Å². The minimum absolute atomic E-state index is 0.00505. The highest BCUT2D eigenvalue weighted by atomic mass is 16.5. The lowest BCUT2D eigenvalue weighted by Gasteiger charge is -2.35. The smallest absolute Gasteiger partial charge is 0.260 e. The second-order valence-electron chi connectivity index (χ2n) is 5.22. The fourth-order valence-electron chi connectivity index (χ4n) is 2.28. The minimum atomic E-state index is -0.277. The number of carbonyl (C=O) groups excluding carboxylic acids is 1. The number of β-amino-alcohol motifs (C(OH)–C–C–N with tert-alkyl or cyclic N) is 1. The van der Waals surface area contributed by atoms with Crippen LogP contribution in [-0.2, 0) is 4.79 Å². The molecular weight excluding hydrogens is 270 g/mol. The van der Waals surface area contributed by atoms with Gasteiger partial charge >= 0.3 is 0 Å². The fraction of sp³-hybridized carbons (Fsp3) is 0.600. The SMILES string of the molecule is CC[C@@H](O)CN1CCN(C(=O)COc2cccnc2)CC1. The van der Waals surface area contributed by atoms with Crippen molar-refractivity contribution in [3.8, 4) is 5.75 Å². The van der Waals surface area contributed by atoms with Crippen LogP contribution in [0.25, 0.3) is 0 Å². The summed E-state index contributed by atoms with van der Waals surface area (Å²) in [4.78, 5) is 20.0. The van der Waals surface area contributed by atoms with E-state index in [1.807, 2.05) is 11.8 Å². The second kappa shape index (κ2) is 7.95. The number of aromatic nitrogens is 1. The molecule has 1 saturated heterocycles. The Bertz CT molecular complexity index is 433. The van der Waals surface area contributed by atoms with Crippen LogP contribution < -0.4 is 4.74 Å². The van der Waals surface area contributed by atoms with Gasteiger partial charge in [-0.25, -0.2) is 0 Å². The number of carbonyl (C=O) groups is 1. The highest BCUT2D eigenvalue weighted by Gasteiger charge is 2.22. The molecule has 1 aromatic rings. The Hall–Kier alpha value is -1.66. The van der Waals surface area contributed by atoms with Crippen molar-refractivity contribution in [3.63, 3.8) is 0 Å². The molecule has 21 heavy (non-hydrogen) atoms. The van der Waals surface area contributed by atoms with E-state index in [0.29, 0.717) is 25.4 Å². The molecule has 1 atom stereocenters. The predicted molar refractivity (Wildman–Crippen MR) is 79.0 cm³/mol. The summed E-state index contributed by atoms with van der Waals surface area (Å²) in [7, 11) is 0. The number of ether oxygens (including phenoxy) is 1. The average molecular weight is 293 g/mol. The van der Waals surface area contributed by atoms with Gasteiger partial charge in [-0.3, -0.25) is 14.7 Å². The van der Waals surface area contributed by atoms with Crippen LogP contribution in [0.15, 0.2) is 24.5 Å². The molecule has 1 amide bonds. The quantitative estimate of drug-likeness (QED) is 0.821. The van der Waals surface area contributed by atoms with E-state index in [2.05, 4.69) is 9.88 Å². The lowest BCUT2D eigenvalue weighted by molar-refractivity contribution is -0.135. The van der Waals surface area contributed by atoms with Gasteiger partial charge in [0.2, 0.25) is 0 Å². The van der Waals surface area contributed by atoms with Gasteiger partial charge in [0.25, 0.3) is 5.91 Å². The van der Waals surface area contributed by atoms with Gasteiger partial charge < -0.3 is 14.7 Å². The van der Waals surface area contributed by atoms with Gasteiger partial charge in [0.1, 0.15) is 5.75 Å². The first-order valence-corrected chi connectivity index (χ1v) is 7.40. The molecule has 1 aliphatic rings. The van der Waals surface area contributed by atoms with Crippen molar-refractivity contribution in [2.45, 2.75) is 19.4 Å². The van der Waals surface area contributed by atoms with Crippen LogP contribution >= 0.6 is 0 Å². The third-order valence-electron chi connectivity index (χ3n) is 3.66. The predicted octanol–water partition coefficient (Wildman–Crippen LogP) is 0.375. The summed E-state index contributed by atoms with van der Waals surface area (Å²) < 4.78 is 5.42. The van der Waals surface area contributed by atoms with E-state index in [1.54, 1.807) is 24.5 Å². The Morgan fingerprint density at radius 2 is 2.19 bits per heavy atom. The Morgan fingerprint density at radius 1 is 1.43 bits per heavy atom. The standard InChI is InChI=1S/C15H23N3O3/c1-2-13(19)11-17-6-8-18(9-7-17)15(20)12-21-14-4-3-5-16-10-14/h3-5,10,13,19H,2,6-9,11-12H2,1H3/t13-/m1/s1. The summed E-state index contributed by atoms with van der Waals surface area (Å²) in [5.74, 6) is 0.602. The molecule has 1 N–H and O–H groups in total. The van der Waals surface area contributed by atoms with Crippen molar-refractivity contribution in [3.05, 3.63) is 24.5 Å². The van der Waals surface area contributed by atoms with Crippen LogP contribution in [0.1, 0.15) is 13.3 Å². The van der Waals surface area contributed by atoms with Gasteiger partial charge in [-0.2, -0.15) is 0 Å². The molecule has 1 aromatic heterocycles. The van der Waals surface area contributed by atoms with Gasteiger partial charge in [-0.05, 0) is 18.6 Å². The van der Waals surface area contributed by atoms with Crippen molar-refractivity contribution >= 4 is 5.91 Å². The largest absolute Gasteiger partial charge is 0.482 e. The van der Waals surface area contributed by atoms with E-state index in [1.165, 1.54) is 0 Å². The van der Waals surface area contributed by atoms with E-state index in [0.717, 1.165) is 19.5 Å². The molecule has 0 unspecified atom stereocenters. The Balaban J connectivity index is 1.70. The zero-order valence-electron chi connectivity index (χ0n) is 12.4. The van der Waals surface area contributed by atoms with Gasteiger partial charge in [0.05, 0.1) is 12.3 Å². The molecular formula is C15H23N3O3. The Kier molecular flexibility index (Phi) is 5.95. The highest BCUT2D eigenvalue weighted by molar-refractivity contribution is 5.77. The van der Waals surface area contributed by atoms with Crippen LogP contribution in [0.4, 0.5) is 0 Å². The molecule has 1 aliphatic heterocycles. The first kappa shape index (κ1) is 15.7. The number of nitrogens with zero attached hydrogens (tertiary/aromatic N) is 3. The third kappa shape index (κ3) is 4.99.